The van der Waals surface area contributed by atoms with Crippen LogP contribution in [0.15, 0.2) is 58.4 Å². The van der Waals surface area contributed by atoms with Gasteiger partial charge < -0.3 is 9.84 Å². The lowest BCUT2D eigenvalue weighted by Gasteiger charge is -2.06. The van der Waals surface area contributed by atoms with Gasteiger partial charge in [-0.1, -0.05) is 30.3 Å². The summed E-state index contributed by atoms with van der Waals surface area (Å²) in [5.41, 5.74) is 2.44. The number of benzene rings is 2. The summed E-state index contributed by atoms with van der Waals surface area (Å²) in [7, 11) is 0. The molecule has 1 heterocycles. The maximum atomic E-state index is 12.3. The molecule has 0 fully saturated rings. The van der Waals surface area contributed by atoms with Gasteiger partial charge in [0.05, 0.1) is 11.6 Å². The number of fused-ring (bicyclic) bond motifs is 1. The number of carbonyl (C=O) groups is 2. The number of nitrogens with zero attached hydrogens (tertiary/aromatic N) is 2. The van der Waals surface area contributed by atoms with Crippen molar-refractivity contribution in [3.63, 3.8) is 0 Å². The number of para-hydroxylation sites is 1. The smallest absolute Gasteiger partial charge is 0.341 e. The maximum absolute atomic E-state index is 12.3. The normalized spacial score (nSPS) is 10.8. The molecule has 0 bridgehead atoms. The summed E-state index contributed by atoms with van der Waals surface area (Å²) in [4.78, 5) is 34.7. The number of carbonyl (C=O) groups excluding carboxylic acids is 1. The first-order valence-electron chi connectivity index (χ1n) is 7.80. The van der Waals surface area contributed by atoms with E-state index in [4.69, 9.17) is 9.84 Å². The fraction of sp³-hybridized carbons (Fsp3) is 0.0556. The molecular formula is C18H14N4O5. The number of ether oxygens (including phenoxy) is 1. The van der Waals surface area contributed by atoms with E-state index < -0.39 is 24.0 Å². The SMILES string of the molecule is O=C(O)COc1ccccc1/C=N/NC(=O)c1n[nH]c(=O)c2ccccc12. The van der Waals surface area contributed by atoms with E-state index in [2.05, 4.69) is 20.7 Å². The second-order valence-electron chi connectivity index (χ2n) is 5.37. The molecule has 2 aromatic carbocycles. The van der Waals surface area contributed by atoms with Crippen molar-refractivity contribution in [1.29, 1.82) is 0 Å². The number of hydrazone groups is 1. The van der Waals surface area contributed by atoms with E-state index in [9.17, 15) is 14.4 Å². The van der Waals surface area contributed by atoms with Crippen molar-refractivity contribution in [1.82, 2.24) is 15.6 Å². The third-order valence-electron chi connectivity index (χ3n) is 3.55. The number of rotatable bonds is 6. The van der Waals surface area contributed by atoms with Gasteiger partial charge in [0.2, 0.25) is 0 Å². The van der Waals surface area contributed by atoms with Gasteiger partial charge in [-0.2, -0.15) is 10.2 Å². The Morgan fingerprint density at radius 1 is 1.15 bits per heavy atom. The molecule has 3 rings (SSSR count). The van der Waals surface area contributed by atoms with Crippen LogP contribution in [-0.4, -0.2) is 40.0 Å². The van der Waals surface area contributed by atoms with Crippen LogP contribution in [0.2, 0.25) is 0 Å². The molecule has 0 saturated carbocycles. The molecule has 3 aromatic rings. The Morgan fingerprint density at radius 3 is 2.63 bits per heavy atom. The van der Waals surface area contributed by atoms with Crippen LogP contribution in [0.3, 0.4) is 0 Å². The van der Waals surface area contributed by atoms with Crippen molar-refractivity contribution in [3.8, 4) is 5.75 Å². The molecular weight excluding hydrogens is 352 g/mol. The summed E-state index contributed by atoms with van der Waals surface area (Å²) in [6, 6.07) is 13.2. The summed E-state index contributed by atoms with van der Waals surface area (Å²) in [5, 5.41) is 19.4. The average molecular weight is 366 g/mol. The molecule has 0 atom stereocenters. The molecule has 27 heavy (non-hydrogen) atoms. The van der Waals surface area contributed by atoms with Gasteiger partial charge in [0.15, 0.2) is 12.3 Å². The average Bonchev–Trinajstić information content (AvgIpc) is 2.67. The summed E-state index contributed by atoms with van der Waals surface area (Å²) in [5.74, 6) is -1.40. The molecule has 0 radical (unpaired) electrons. The van der Waals surface area contributed by atoms with Crippen molar-refractivity contribution in [2.45, 2.75) is 0 Å². The van der Waals surface area contributed by atoms with Crippen molar-refractivity contribution in [2.24, 2.45) is 5.10 Å². The minimum atomic E-state index is -1.11. The highest BCUT2D eigenvalue weighted by molar-refractivity contribution is 6.04. The van der Waals surface area contributed by atoms with Crippen LogP contribution >= 0.6 is 0 Å². The molecule has 9 nitrogen and oxygen atoms in total. The predicted molar refractivity (Wildman–Crippen MR) is 97.0 cm³/mol. The number of aromatic nitrogens is 2. The third kappa shape index (κ3) is 4.15. The Morgan fingerprint density at radius 2 is 1.85 bits per heavy atom. The van der Waals surface area contributed by atoms with E-state index in [1.165, 1.54) is 6.21 Å². The first-order chi connectivity index (χ1) is 13.1. The van der Waals surface area contributed by atoms with E-state index in [0.717, 1.165) is 0 Å². The van der Waals surface area contributed by atoms with Crippen molar-refractivity contribution >= 4 is 28.9 Å². The van der Waals surface area contributed by atoms with Gasteiger partial charge in [0, 0.05) is 10.9 Å². The topological polar surface area (TPSA) is 134 Å². The van der Waals surface area contributed by atoms with Crippen LogP contribution in [0.5, 0.6) is 5.75 Å². The van der Waals surface area contributed by atoms with Crippen LogP contribution in [0.25, 0.3) is 10.8 Å². The van der Waals surface area contributed by atoms with Crippen molar-refractivity contribution < 1.29 is 19.4 Å². The number of carboxylic acids is 1. The maximum Gasteiger partial charge on any atom is 0.341 e. The Hall–Kier alpha value is -4.01. The zero-order chi connectivity index (χ0) is 19.2. The largest absolute Gasteiger partial charge is 0.481 e. The third-order valence-corrected chi connectivity index (χ3v) is 3.55. The second-order valence-corrected chi connectivity index (χ2v) is 5.37. The highest BCUT2D eigenvalue weighted by Gasteiger charge is 2.13. The summed E-state index contributed by atoms with van der Waals surface area (Å²) in [6.07, 6.45) is 1.32. The van der Waals surface area contributed by atoms with Crippen molar-refractivity contribution in [2.75, 3.05) is 6.61 Å². The van der Waals surface area contributed by atoms with Crippen LogP contribution in [0, 0.1) is 0 Å². The number of aliphatic carboxylic acids is 1. The standard InChI is InChI=1S/C18H14N4O5/c23-15(24)10-27-14-8-4-1-5-11(14)9-19-21-18(26)16-12-6-2-3-7-13(12)17(25)22-20-16/h1-9H,10H2,(H,21,26)(H,22,25)(H,23,24)/b19-9+. The van der Waals surface area contributed by atoms with Crippen LogP contribution in [-0.2, 0) is 4.79 Å². The van der Waals surface area contributed by atoms with Gasteiger partial charge in [-0.15, -0.1) is 0 Å². The minimum absolute atomic E-state index is 0.0257. The second kappa shape index (κ2) is 7.91. The van der Waals surface area contributed by atoms with Crippen LogP contribution < -0.4 is 15.7 Å². The molecule has 0 aliphatic carbocycles. The highest BCUT2D eigenvalue weighted by atomic mass is 16.5. The number of H-pyrrole nitrogens is 1. The molecule has 0 spiro atoms. The Kier molecular flexibility index (Phi) is 5.22. The molecule has 0 unspecified atom stereocenters. The fourth-order valence-electron chi connectivity index (χ4n) is 2.36. The number of aromatic amines is 1. The monoisotopic (exact) mass is 366 g/mol. The first kappa shape index (κ1) is 17.8. The molecule has 0 aliphatic rings. The number of amides is 1. The fourth-order valence-corrected chi connectivity index (χ4v) is 2.36. The van der Waals surface area contributed by atoms with Gasteiger partial charge in [0.1, 0.15) is 5.75 Å². The van der Waals surface area contributed by atoms with Crippen LogP contribution in [0.1, 0.15) is 16.1 Å². The summed E-state index contributed by atoms with van der Waals surface area (Å²) in [6.45, 7) is -0.496. The van der Waals surface area contributed by atoms with Gasteiger partial charge in [-0.05, 0) is 18.2 Å². The van der Waals surface area contributed by atoms with Gasteiger partial charge in [-0.25, -0.2) is 15.3 Å². The van der Waals surface area contributed by atoms with E-state index in [-0.39, 0.29) is 5.69 Å². The van der Waals surface area contributed by atoms with Crippen molar-refractivity contribution in [3.05, 3.63) is 70.1 Å². The molecule has 9 heteroatoms. The zero-order valence-electron chi connectivity index (χ0n) is 13.9. The van der Waals surface area contributed by atoms with E-state index in [1.807, 2.05) is 0 Å². The number of hydrogen-bond donors (Lipinski definition) is 3. The first-order valence-corrected chi connectivity index (χ1v) is 7.80. The summed E-state index contributed by atoms with van der Waals surface area (Å²) >= 11 is 0. The molecule has 1 amide bonds. The minimum Gasteiger partial charge on any atom is -0.481 e. The quantitative estimate of drug-likeness (QED) is 0.443. The molecule has 136 valence electrons. The predicted octanol–water partition coefficient (Wildman–Crippen LogP) is 1.15. The number of hydrogen-bond acceptors (Lipinski definition) is 6. The lowest BCUT2D eigenvalue weighted by molar-refractivity contribution is -0.139. The van der Waals surface area contributed by atoms with Gasteiger partial charge >= 0.3 is 5.97 Å². The summed E-state index contributed by atoms with van der Waals surface area (Å²) < 4.78 is 5.16. The number of nitrogens with one attached hydrogen (secondary N) is 2. The molecule has 0 saturated heterocycles. The number of carboxylic acid groups (broad SMARTS) is 1. The van der Waals surface area contributed by atoms with E-state index in [1.54, 1.807) is 48.5 Å². The Labute approximate surface area is 152 Å². The van der Waals surface area contributed by atoms with E-state index in [0.29, 0.717) is 22.1 Å². The lowest BCUT2D eigenvalue weighted by Crippen LogP contribution is -2.22. The highest BCUT2D eigenvalue weighted by Crippen LogP contribution is 2.16. The van der Waals surface area contributed by atoms with Gasteiger partial charge in [-0.3, -0.25) is 9.59 Å². The lowest BCUT2D eigenvalue weighted by atomic mass is 10.1. The molecule has 0 aliphatic heterocycles. The molecule has 3 N–H and O–H groups in total. The Bertz CT molecular complexity index is 1090. The molecule has 1 aromatic heterocycles. The van der Waals surface area contributed by atoms with Crippen LogP contribution in [0.4, 0.5) is 0 Å². The zero-order valence-corrected chi connectivity index (χ0v) is 13.9. The Balaban J connectivity index is 1.78. The van der Waals surface area contributed by atoms with Gasteiger partial charge in [0.25, 0.3) is 11.5 Å². The van der Waals surface area contributed by atoms with E-state index >= 15 is 0 Å².